The third kappa shape index (κ3) is 3.88. The van der Waals surface area contributed by atoms with Crippen molar-refractivity contribution in [3.05, 3.63) is 0 Å². The van der Waals surface area contributed by atoms with Crippen molar-refractivity contribution in [3.63, 3.8) is 0 Å². The van der Waals surface area contributed by atoms with Crippen LogP contribution in [0.25, 0.3) is 0 Å². The molecule has 0 aliphatic carbocycles. The lowest BCUT2D eigenvalue weighted by atomic mass is 9.96. The maximum Gasteiger partial charge on any atom is 0.220 e. The molecule has 14 heavy (non-hydrogen) atoms. The average Bonchev–Trinajstić information content (AvgIpc) is 2.19. The van der Waals surface area contributed by atoms with Crippen LogP contribution in [0.4, 0.5) is 0 Å². The Kier molecular flexibility index (Phi) is 5.33. The third-order valence-corrected chi connectivity index (χ3v) is 3.51. The number of hydrogen-bond donors (Lipinski definition) is 1. The molecule has 2 N–H and O–H groups in total. The Labute approximate surface area is 90.4 Å². The minimum atomic E-state index is -0.117. The van der Waals surface area contributed by atoms with E-state index in [-0.39, 0.29) is 11.8 Å². The maximum absolute atomic E-state index is 10.9. The van der Waals surface area contributed by atoms with Crippen molar-refractivity contribution < 1.29 is 4.79 Å². The second kappa shape index (κ2) is 6.30. The first kappa shape index (κ1) is 11.9. The number of rotatable bonds is 5. The molecule has 0 aromatic heterocycles. The molecule has 1 rings (SSSR count). The highest BCUT2D eigenvalue weighted by Gasteiger charge is 2.22. The fraction of sp³-hybridized carbons (Fsp3) is 0.900. The van der Waals surface area contributed by atoms with Crippen molar-refractivity contribution in [1.82, 2.24) is 4.90 Å². The smallest absolute Gasteiger partial charge is 0.220 e. The summed E-state index contributed by atoms with van der Waals surface area (Å²) in [7, 11) is 0. The van der Waals surface area contributed by atoms with Crippen LogP contribution in [0.3, 0.4) is 0 Å². The van der Waals surface area contributed by atoms with Crippen molar-refractivity contribution in [2.24, 2.45) is 11.7 Å². The van der Waals surface area contributed by atoms with Crippen molar-refractivity contribution in [2.45, 2.75) is 19.3 Å². The lowest BCUT2D eigenvalue weighted by molar-refractivity contribution is -0.123. The molecule has 0 aromatic rings. The Hall–Kier alpha value is -0.220. The number of carbonyl (C=O) groups is 1. The first-order valence-electron chi connectivity index (χ1n) is 5.24. The number of amides is 1. The Morgan fingerprint density at radius 3 is 2.64 bits per heavy atom. The molecule has 0 spiro atoms. The molecule has 1 aliphatic rings. The van der Waals surface area contributed by atoms with Crippen LogP contribution in [0, 0.1) is 5.92 Å². The fourth-order valence-corrected chi connectivity index (χ4v) is 2.29. The summed E-state index contributed by atoms with van der Waals surface area (Å²) in [6.07, 6.45) is 5.30. The normalized spacial score (nSPS) is 19.8. The van der Waals surface area contributed by atoms with Gasteiger partial charge in [0.25, 0.3) is 0 Å². The van der Waals surface area contributed by atoms with Crippen LogP contribution in [-0.4, -0.2) is 42.4 Å². The molecule has 1 heterocycles. The van der Waals surface area contributed by atoms with Gasteiger partial charge in [0, 0.05) is 5.92 Å². The van der Waals surface area contributed by atoms with E-state index in [9.17, 15) is 4.79 Å². The number of piperidine rings is 1. The lowest BCUT2D eigenvalue weighted by Crippen LogP contribution is -2.39. The molecule has 1 amide bonds. The number of carbonyl (C=O) groups excluding carboxylic acids is 1. The van der Waals surface area contributed by atoms with Crippen LogP contribution in [0.2, 0.25) is 0 Å². The number of likely N-dealkylation sites (tertiary alicyclic amines) is 1. The molecule has 1 saturated heterocycles. The van der Waals surface area contributed by atoms with Crippen molar-refractivity contribution in [1.29, 1.82) is 0 Å². The molecule has 1 aliphatic heterocycles. The van der Waals surface area contributed by atoms with Crippen molar-refractivity contribution >= 4 is 17.7 Å². The Bertz CT molecular complexity index is 179. The van der Waals surface area contributed by atoms with Gasteiger partial charge >= 0.3 is 0 Å². The molecular formula is C10H20N2OS. The summed E-state index contributed by atoms with van der Waals surface area (Å²) < 4.78 is 0. The first-order valence-corrected chi connectivity index (χ1v) is 6.64. The highest BCUT2D eigenvalue weighted by molar-refractivity contribution is 7.98. The van der Waals surface area contributed by atoms with Crippen LogP contribution in [-0.2, 0) is 4.79 Å². The molecule has 0 saturated carbocycles. The van der Waals surface area contributed by atoms with Gasteiger partial charge in [0.2, 0.25) is 5.91 Å². The van der Waals surface area contributed by atoms with Gasteiger partial charge in [-0.05, 0) is 50.9 Å². The molecule has 0 atom stereocenters. The summed E-state index contributed by atoms with van der Waals surface area (Å²) in [5.41, 5.74) is 5.27. The van der Waals surface area contributed by atoms with Gasteiger partial charge in [0.15, 0.2) is 0 Å². The second-order valence-electron chi connectivity index (χ2n) is 3.86. The van der Waals surface area contributed by atoms with Crippen LogP contribution < -0.4 is 5.73 Å². The minimum absolute atomic E-state index is 0.117. The summed E-state index contributed by atoms with van der Waals surface area (Å²) in [6.45, 7) is 3.26. The molecule has 0 bridgehead atoms. The molecule has 1 fully saturated rings. The van der Waals surface area contributed by atoms with E-state index < -0.39 is 0 Å². The van der Waals surface area contributed by atoms with Gasteiger partial charge in [0.1, 0.15) is 0 Å². The van der Waals surface area contributed by atoms with E-state index in [2.05, 4.69) is 11.2 Å². The predicted octanol–water partition coefficient (Wildman–Crippen LogP) is 0.937. The van der Waals surface area contributed by atoms with Crippen molar-refractivity contribution in [2.75, 3.05) is 31.6 Å². The summed E-state index contributed by atoms with van der Waals surface area (Å²) in [4.78, 5) is 13.4. The summed E-state index contributed by atoms with van der Waals surface area (Å²) in [6, 6.07) is 0. The van der Waals surface area contributed by atoms with Gasteiger partial charge in [-0.15, -0.1) is 0 Å². The van der Waals surface area contributed by atoms with Gasteiger partial charge in [-0.3, -0.25) is 4.79 Å². The number of hydrogen-bond acceptors (Lipinski definition) is 3. The summed E-state index contributed by atoms with van der Waals surface area (Å²) >= 11 is 1.89. The molecule has 3 nitrogen and oxygen atoms in total. The quantitative estimate of drug-likeness (QED) is 0.696. The molecule has 0 unspecified atom stereocenters. The second-order valence-corrected chi connectivity index (χ2v) is 4.85. The molecule has 0 aromatic carbocycles. The highest BCUT2D eigenvalue weighted by Crippen LogP contribution is 2.16. The van der Waals surface area contributed by atoms with Gasteiger partial charge in [0.05, 0.1) is 0 Å². The van der Waals surface area contributed by atoms with Gasteiger partial charge in [-0.25, -0.2) is 0 Å². The van der Waals surface area contributed by atoms with Gasteiger partial charge in [-0.1, -0.05) is 0 Å². The molecule has 4 heteroatoms. The predicted molar refractivity (Wildman–Crippen MR) is 61.4 cm³/mol. The maximum atomic E-state index is 10.9. The number of primary amides is 1. The standard InChI is InChI=1S/C10H20N2OS/c1-14-8-2-5-12-6-3-9(4-7-12)10(11)13/h9H,2-8H2,1H3,(H2,11,13). The third-order valence-electron chi connectivity index (χ3n) is 2.81. The fourth-order valence-electron chi connectivity index (χ4n) is 1.87. The van der Waals surface area contributed by atoms with Crippen LogP contribution in [0.5, 0.6) is 0 Å². The largest absolute Gasteiger partial charge is 0.369 e. The van der Waals surface area contributed by atoms with Crippen LogP contribution in [0.1, 0.15) is 19.3 Å². The zero-order chi connectivity index (χ0) is 10.4. The first-order chi connectivity index (χ1) is 6.74. The van der Waals surface area contributed by atoms with Crippen LogP contribution >= 0.6 is 11.8 Å². The molecule has 0 radical (unpaired) electrons. The van der Waals surface area contributed by atoms with E-state index in [1.165, 1.54) is 18.7 Å². The van der Waals surface area contributed by atoms with Crippen LogP contribution in [0.15, 0.2) is 0 Å². The highest BCUT2D eigenvalue weighted by atomic mass is 32.2. The average molecular weight is 216 g/mol. The minimum Gasteiger partial charge on any atom is -0.369 e. The van der Waals surface area contributed by atoms with E-state index in [0.29, 0.717) is 0 Å². The van der Waals surface area contributed by atoms with E-state index >= 15 is 0 Å². The zero-order valence-corrected chi connectivity index (χ0v) is 9.68. The monoisotopic (exact) mass is 216 g/mol. The van der Waals surface area contributed by atoms with Crippen molar-refractivity contribution in [3.8, 4) is 0 Å². The number of nitrogens with two attached hydrogens (primary N) is 1. The Morgan fingerprint density at radius 2 is 2.14 bits per heavy atom. The zero-order valence-electron chi connectivity index (χ0n) is 8.87. The van der Waals surface area contributed by atoms with Gasteiger partial charge in [-0.2, -0.15) is 11.8 Å². The van der Waals surface area contributed by atoms with E-state index in [4.69, 9.17) is 5.73 Å². The summed E-state index contributed by atoms with van der Waals surface area (Å²) in [5, 5.41) is 0. The summed E-state index contributed by atoms with van der Waals surface area (Å²) in [5.74, 6) is 1.25. The van der Waals surface area contributed by atoms with E-state index in [0.717, 1.165) is 25.9 Å². The van der Waals surface area contributed by atoms with E-state index in [1.54, 1.807) is 0 Å². The van der Waals surface area contributed by atoms with Gasteiger partial charge < -0.3 is 10.6 Å². The lowest BCUT2D eigenvalue weighted by Gasteiger charge is -2.30. The van der Waals surface area contributed by atoms with E-state index in [1.807, 2.05) is 11.8 Å². The topological polar surface area (TPSA) is 46.3 Å². The molecular weight excluding hydrogens is 196 g/mol. The SMILES string of the molecule is CSCCCN1CCC(C(N)=O)CC1. The Morgan fingerprint density at radius 1 is 1.50 bits per heavy atom. The number of thioether (sulfide) groups is 1. The molecule has 82 valence electrons. The Balaban J connectivity index is 2.12. The number of nitrogens with zero attached hydrogens (tertiary/aromatic N) is 1.